The molecule has 0 radical (unpaired) electrons. The van der Waals surface area contributed by atoms with E-state index in [9.17, 15) is 4.79 Å². The Kier molecular flexibility index (Phi) is 4.62. The molecular weight excluding hydrogens is 226 g/mol. The summed E-state index contributed by atoms with van der Waals surface area (Å²) in [7, 11) is 2.24. The van der Waals surface area contributed by atoms with Crippen molar-refractivity contribution in [2.45, 2.75) is 57.7 Å². The van der Waals surface area contributed by atoms with Crippen molar-refractivity contribution in [3.05, 3.63) is 0 Å². The second kappa shape index (κ2) is 6.02. The molecule has 2 aliphatic rings. The van der Waals surface area contributed by atoms with Crippen LogP contribution in [0.15, 0.2) is 0 Å². The summed E-state index contributed by atoms with van der Waals surface area (Å²) in [6.45, 7) is 5.48. The third-order valence-electron chi connectivity index (χ3n) is 4.36. The number of nitrogens with zero attached hydrogens (tertiary/aromatic N) is 1. The Morgan fingerprint density at radius 2 is 1.89 bits per heavy atom. The summed E-state index contributed by atoms with van der Waals surface area (Å²) < 4.78 is 0. The van der Waals surface area contributed by atoms with Crippen molar-refractivity contribution in [2.24, 2.45) is 5.92 Å². The van der Waals surface area contributed by atoms with Gasteiger partial charge in [0.05, 0.1) is 6.54 Å². The van der Waals surface area contributed by atoms with Gasteiger partial charge >= 0.3 is 0 Å². The number of fused-ring (bicyclic) bond motifs is 2. The Bertz CT molecular complexity index is 279. The third-order valence-corrected chi connectivity index (χ3v) is 4.36. The van der Waals surface area contributed by atoms with E-state index < -0.39 is 0 Å². The van der Waals surface area contributed by atoms with Crippen molar-refractivity contribution in [1.82, 2.24) is 15.5 Å². The number of hydrogen-bond acceptors (Lipinski definition) is 3. The fourth-order valence-corrected chi connectivity index (χ4v) is 3.20. The molecule has 2 aliphatic heterocycles. The molecule has 2 N–H and O–H groups in total. The number of carbonyl (C=O) groups is 1. The zero-order valence-corrected chi connectivity index (χ0v) is 11.9. The average molecular weight is 253 g/mol. The lowest BCUT2D eigenvalue weighted by Crippen LogP contribution is -2.49. The van der Waals surface area contributed by atoms with Crippen LogP contribution < -0.4 is 10.6 Å². The van der Waals surface area contributed by atoms with Crippen LogP contribution in [-0.4, -0.2) is 49.1 Å². The SMILES string of the molecule is CC(C)CNC(=O)CNC1CC2CCC(C1)N2C. The standard InChI is InChI=1S/C14H27N3O/c1-10(2)8-16-14(18)9-15-11-6-12-4-5-13(7-11)17(12)3/h10-13,15H,4-9H2,1-3H3,(H,16,18). The summed E-state index contributed by atoms with van der Waals surface area (Å²) in [5.74, 6) is 0.656. The highest BCUT2D eigenvalue weighted by molar-refractivity contribution is 5.77. The highest BCUT2D eigenvalue weighted by Crippen LogP contribution is 2.33. The smallest absolute Gasteiger partial charge is 0.233 e. The molecule has 0 aromatic carbocycles. The number of nitrogens with one attached hydrogen (secondary N) is 2. The van der Waals surface area contributed by atoms with Crippen molar-refractivity contribution in [1.29, 1.82) is 0 Å². The van der Waals surface area contributed by atoms with Gasteiger partial charge in [0.25, 0.3) is 0 Å². The van der Waals surface area contributed by atoms with Crippen LogP contribution in [0.1, 0.15) is 39.5 Å². The van der Waals surface area contributed by atoms with Crippen LogP contribution >= 0.6 is 0 Å². The van der Waals surface area contributed by atoms with Crippen molar-refractivity contribution in [3.8, 4) is 0 Å². The van der Waals surface area contributed by atoms with Gasteiger partial charge in [-0.25, -0.2) is 0 Å². The maximum absolute atomic E-state index is 11.6. The van der Waals surface area contributed by atoms with Crippen LogP contribution in [0, 0.1) is 5.92 Å². The molecule has 2 saturated heterocycles. The molecule has 2 fully saturated rings. The van der Waals surface area contributed by atoms with E-state index in [0.717, 1.165) is 18.6 Å². The molecule has 18 heavy (non-hydrogen) atoms. The monoisotopic (exact) mass is 253 g/mol. The van der Waals surface area contributed by atoms with Gasteiger partial charge in [0, 0.05) is 24.7 Å². The first-order valence-corrected chi connectivity index (χ1v) is 7.28. The Morgan fingerprint density at radius 3 is 2.44 bits per heavy atom. The first-order chi connectivity index (χ1) is 8.56. The Morgan fingerprint density at radius 1 is 1.28 bits per heavy atom. The van der Waals surface area contributed by atoms with E-state index >= 15 is 0 Å². The van der Waals surface area contributed by atoms with Gasteiger partial charge in [-0.05, 0) is 38.6 Å². The quantitative estimate of drug-likeness (QED) is 0.767. The van der Waals surface area contributed by atoms with E-state index in [2.05, 4.69) is 36.4 Å². The van der Waals surface area contributed by atoms with E-state index in [4.69, 9.17) is 0 Å². The zero-order valence-electron chi connectivity index (χ0n) is 11.9. The third kappa shape index (κ3) is 3.45. The van der Waals surface area contributed by atoms with Gasteiger partial charge in [0.15, 0.2) is 0 Å². The highest BCUT2D eigenvalue weighted by Gasteiger charge is 2.38. The molecule has 4 nitrogen and oxygen atoms in total. The van der Waals surface area contributed by atoms with Crippen LogP contribution in [0.4, 0.5) is 0 Å². The number of amides is 1. The Hall–Kier alpha value is -0.610. The molecule has 104 valence electrons. The molecule has 0 saturated carbocycles. The van der Waals surface area contributed by atoms with E-state index in [0.29, 0.717) is 18.5 Å². The lowest BCUT2D eigenvalue weighted by molar-refractivity contribution is -0.120. The van der Waals surface area contributed by atoms with Gasteiger partial charge in [0.2, 0.25) is 5.91 Å². The zero-order chi connectivity index (χ0) is 13.1. The van der Waals surface area contributed by atoms with Crippen LogP contribution in [0.3, 0.4) is 0 Å². The molecule has 4 heteroatoms. The molecule has 2 heterocycles. The average Bonchev–Trinajstić information content (AvgIpc) is 2.55. The van der Waals surface area contributed by atoms with Gasteiger partial charge in [0.1, 0.15) is 0 Å². The molecule has 2 bridgehead atoms. The van der Waals surface area contributed by atoms with Gasteiger partial charge in [-0.2, -0.15) is 0 Å². The van der Waals surface area contributed by atoms with E-state index in [-0.39, 0.29) is 5.91 Å². The molecule has 0 aromatic heterocycles. The molecule has 0 spiro atoms. The van der Waals surface area contributed by atoms with Crippen molar-refractivity contribution < 1.29 is 4.79 Å². The molecular formula is C14H27N3O. The summed E-state index contributed by atoms with van der Waals surface area (Å²) in [5.41, 5.74) is 0. The number of piperidine rings is 1. The van der Waals surface area contributed by atoms with Crippen molar-refractivity contribution in [2.75, 3.05) is 20.1 Å². The molecule has 2 unspecified atom stereocenters. The van der Waals surface area contributed by atoms with Gasteiger partial charge in [-0.3, -0.25) is 4.79 Å². The lowest BCUT2D eigenvalue weighted by Gasteiger charge is -2.36. The minimum absolute atomic E-state index is 0.134. The summed E-state index contributed by atoms with van der Waals surface area (Å²) in [6.07, 6.45) is 5.06. The topological polar surface area (TPSA) is 44.4 Å². The summed E-state index contributed by atoms with van der Waals surface area (Å²) in [5, 5.41) is 6.38. The van der Waals surface area contributed by atoms with Crippen molar-refractivity contribution in [3.63, 3.8) is 0 Å². The predicted octanol–water partition coefficient (Wildman–Crippen LogP) is 0.973. The second-order valence-electron chi connectivity index (χ2n) is 6.30. The maximum atomic E-state index is 11.6. The minimum atomic E-state index is 0.134. The summed E-state index contributed by atoms with van der Waals surface area (Å²) in [4.78, 5) is 14.2. The van der Waals surface area contributed by atoms with E-state index in [1.54, 1.807) is 0 Å². The fraction of sp³-hybridized carbons (Fsp3) is 0.929. The largest absolute Gasteiger partial charge is 0.355 e. The number of hydrogen-bond donors (Lipinski definition) is 2. The van der Waals surface area contributed by atoms with Gasteiger partial charge in [-0.15, -0.1) is 0 Å². The molecule has 2 atom stereocenters. The first kappa shape index (κ1) is 13.8. The number of carbonyl (C=O) groups excluding carboxylic acids is 1. The van der Waals surface area contributed by atoms with Gasteiger partial charge < -0.3 is 15.5 Å². The molecule has 1 amide bonds. The van der Waals surface area contributed by atoms with E-state index in [1.807, 2.05) is 0 Å². The van der Waals surface area contributed by atoms with E-state index in [1.165, 1.54) is 25.7 Å². The van der Waals surface area contributed by atoms with Crippen LogP contribution in [0.25, 0.3) is 0 Å². The van der Waals surface area contributed by atoms with Gasteiger partial charge in [-0.1, -0.05) is 13.8 Å². The van der Waals surface area contributed by atoms with Crippen LogP contribution in [-0.2, 0) is 4.79 Å². The maximum Gasteiger partial charge on any atom is 0.233 e. The molecule has 0 aromatic rings. The number of rotatable bonds is 5. The summed E-state index contributed by atoms with van der Waals surface area (Å²) >= 11 is 0. The lowest BCUT2D eigenvalue weighted by atomic mass is 9.98. The predicted molar refractivity (Wildman–Crippen MR) is 73.4 cm³/mol. The first-order valence-electron chi connectivity index (χ1n) is 7.28. The minimum Gasteiger partial charge on any atom is -0.355 e. The Labute approximate surface area is 110 Å². The van der Waals surface area contributed by atoms with Crippen molar-refractivity contribution >= 4 is 5.91 Å². The Balaban J connectivity index is 1.67. The summed E-state index contributed by atoms with van der Waals surface area (Å²) in [6, 6.07) is 2.00. The molecule has 2 rings (SSSR count). The van der Waals surface area contributed by atoms with Crippen LogP contribution in [0.5, 0.6) is 0 Å². The molecule has 0 aliphatic carbocycles. The second-order valence-corrected chi connectivity index (χ2v) is 6.30. The highest BCUT2D eigenvalue weighted by atomic mass is 16.1. The normalized spacial score (nSPS) is 31.9. The van der Waals surface area contributed by atoms with Crippen LogP contribution in [0.2, 0.25) is 0 Å². The fourth-order valence-electron chi connectivity index (χ4n) is 3.20.